The molecule has 0 radical (unpaired) electrons. The van der Waals surface area contributed by atoms with Crippen LogP contribution in [0.3, 0.4) is 0 Å². The lowest BCUT2D eigenvalue weighted by atomic mass is 9.95. The van der Waals surface area contributed by atoms with Crippen LogP contribution >= 0.6 is 0 Å². The molecule has 0 unspecified atom stereocenters. The Morgan fingerprint density at radius 2 is 2.17 bits per heavy atom. The molecule has 122 valence electrons. The lowest BCUT2D eigenvalue weighted by Gasteiger charge is -2.32. The van der Waals surface area contributed by atoms with Crippen molar-refractivity contribution < 1.29 is 14.3 Å². The first-order valence-corrected chi connectivity index (χ1v) is 7.68. The highest BCUT2D eigenvalue weighted by Gasteiger charge is 2.25. The first-order chi connectivity index (χ1) is 11.1. The maximum absolute atomic E-state index is 12.0. The molecule has 0 saturated carbocycles. The molecule has 0 aliphatic carbocycles. The first-order valence-electron chi connectivity index (χ1n) is 7.68. The van der Waals surface area contributed by atoms with Crippen LogP contribution < -0.4 is 10.2 Å². The number of hydrogen-bond acceptors (Lipinski definition) is 6. The van der Waals surface area contributed by atoms with Crippen LogP contribution in [-0.2, 0) is 14.3 Å². The summed E-state index contributed by atoms with van der Waals surface area (Å²) in [5.41, 5.74) is 1.34. The van der Waals surface area contributed by atoms with Crippen molar-refractivity contribution in [1.82, 2.24) is 10.3 Å². The summed E-state index contributed by atoms with van der Waals surface area (Å²) in [5.74, 6) is -0.607. The van der Waals surface area contributed by atoms with Gasteiger partial charge < -0.3 is 15.0 Å². The third kappa shape index (κ3) is 4.68. The molecule has 1 aliphatic rings. The van der Waals surface area contributed by atoms with Gasteiger partial charge in [-0.1, -0.05) is 0 Å². The van der Waals surface area contributed by atoms with Gasteiger partial charge in [-0.05, 0) is 31.9 Å². The standard InChI is InChI=1S/C16H20N4O3/c1-2-23-15(21)11-19-16(22)12-5-7-20(8-6-12)14-4-3-13(9-17)18-10-14/h3-4,10,12H,2,5-8,11H2,1H3,(H,19,22). The number of pyridine rings is 1. The fourth-order valence-electron chi connectivity index (χ4n) is 2.55. The maximum atomic E-state index is 12.0. The van der Waals surface area contributed by atoms with Crippen LogP contribution in [0.4, 0.5) is 5.69 Å². The third-order valence-electron chi connectivity index (χ3n) is 3.81. The van der Waals surface area contributed by atoms with E-state index in [0.29, 0.717) is 25.1 Å². The monoisotopic (exact) mass is 316 g/mol. The van der Waals surface area contributed by atoms with Gasteiger partial charge in [0.1, 0.15) is 18.3 Å². The van der Waals surface area contributed by atoms with Crippen molar-refractivity contribution in [3.63, 3.8) is 0 Å². The van der Waals surface area contributed by atoms with Gasteiger partial charge in [-0.2, -0.15) is 5.26 Å². The van der Waals surface area contributed by atoms with E-state index in [0.717, 1.165) is 18.8 Å². The number of nitrogens with one attached hydrogen (secondary N) is 1. The molecule has 0 spiro atoms. The van der Waals surface area contributed by atoms with Gasteiger partial charge in [-0.15, -0.1) is 0 Å². The normalized spacial score (nSPS) is 14.9. The minimum atomic E-state index is -0.415. The van der Waals surface area contributed by atoms with Crippen LogP contribution in [0.1, 0.15) is 25.5 Å². The van der Waals surface area contributed by atoms with Gasteiger partial charge in [0.05, 0.1) is 18.5 Å². The second-order valence-corrected chi connectivity index (χ2v) is 5.30. The molecule has 0 aromatic carbocycles. The smallest absolute Gasteiger partial charge is 0.325 e. The Morgan fingerprint density at radius 3 is 2.74 bits per heavy atom. The number of amides is 1. The van der Waals surface area contributed by atoms with Gasteiger partial charge in [-0.25, -0.2) is 4.98 Å². The average Bonchev–Trinajstić information content (AvgIpc) is 2.60. The lowest BCUT2D eigenvalue weighted by molar-refractivity contribution is -0.143. The summed E-state index contributed by atoms with van der Waals surface area (Å²) in [4.78, 5) is 29.5. The lowest BCUT2D eigenvalue weighted by Crippen LogP contribution is -2.42. The molecule has 1 fully saturated rings. The molecule has 7 nitrogen and oxygen atoms in total. The van der Waals surface area contributed by atoms with E-state index >= 15 is 0 Å². The Bertz CT molecular complexity index is 586. The van der Waals surface area contributed by atoms with Crippen LogP contribution in [0.25, 0.3) is 0 Å². The summed E-state index contributed by atoms with van der Waals surface area (Å²) in [7, 11) is 0. The van der Waals surface area contributed by atoms with E-state index in [9.17, 15) is 9.59 Å². The number of nitriles is 1. The van der Waals surface area contributed by atoms with E-state index in [1.54, 1.807) is 19.2 Å². The fraction of sp³-hybridized carbons (Fsp3) is 0.500. The molecule has 2 heterocycles. The van der Waals surface area contributed by atoms with Crippen LogP contribution in [0.15, 0.2) is 18.3 Å². The SMILES string of the molecule is CCOC(=O)CNC(=O)C1CCN(c2ccc(C#N)nc2)CC1. The van der Waals surface area contributed by atoms with Gasteiger partial charge in [0.25, 0.3) is 0 Å². The largest absolute Gasteiger partial charge is 0.465 e. The predicted octanol–water partition coefficient (Wildman–Crippen LogP) is 0.849. The number of aromatic nitrogens is 1. The van der Waals surface area contributed by atoms with E-state index in [1.807, 2.05) is 12.1 Å². The van der Waals surface area contributed by atoms with Crippen molar-refractivity contribution in [2.45, 2.75) is 19.8 Å². The van der Waals surface area contributed by atoms with Crippen LogP contribution in [0.5, 0.6) is 0 Å². The highest BCUT2D eigenvalue weighted by molar-refractivity contribution is 5.83. The van der Waals surface area contributed by atoms with E-state index in [4.69, 9.17) is 10.00 Å². The number of carbonyl (C=O) groups is 2. The van der Waals surface area contributed by atoms with Gasteiger partial charge in [-0.3, -0.25) is 9.59 Å². The molecule has 7 heteroatoms. The number of nitrogens with zero attached hydrogens (tertiary/aromatic N) is 3. The second kappa shape index (κ2) is 8.13. The van der Waals surface area contributed by atoms with Gasteiger partial charge in [0, 0.05) is 19.0 Å². The fourth-order valence-corrected chi connectivity index (χ4v) is 2.55. The van der Waals surface area contributed by atoms with Crippen LogP contribution in [0, 0.1) is 17.2 Å². The average molecular weight is 316 g/mol. The van der Waals surface area contributed by atoms with E-state index < -0.39 is 5.97 Å². The zero-order valence-corrected chi connectivity index (χ0v) is 13.1. The molecule has 1 aromatic heterocycles. The second-order valence-electron chi connectivity index (χ2n) is 5.30. The van der Waals surface area contributed by atoms with Crippen LogP contribution in [0.2, 0.25) is 0 Å². The molecule has 0 atom stereocenters. The maximum Gasteiger partial charge on any atom is 0.325 e. The highest BCUT2D eigenvalue weighted by atomic mass is 16.5. The van der Waals surface area contributed by atoms with Gasteiger partial charge in [0.15, 0.2) is 0 Å². The van der Waals surface area contributed by atoms with Crippen molar-refractivity contribution >= 4 is 17.6 Å². The molecule has 1 N–H and O–H groups in total. The topological polar surface area (TPSA) is 95.3 Å². The molecule has 1 saturated heterocycles. The quantitative estimate of drug-likeness (QED) is 0.809. The number of esters is 1. The predicted molar refractivity (Wildman–Crippen MR) is 83.5 cm³/mol. The summed E-state index contributed by atoms with van der Waals surface area (Å²) in [6.45, 7) is 3.45. The summed E-state index contributed by atoms with van der Waals surface area (Å²) in [6.07, 6.45) is 3.11. The molecule has 1 aliphatic heterocycles. The minimum Gasteiger partial charge on any atom is -0.465 e. The van der Waals surface area contributed by atoms with E-state index in [2.05, 4.69) is 15.2 Å². The van der Waals surface area contributed by atoms with Gasteiger partial charge >= 0.3 is 5.97 Å². The molecule has 23 heavy (non-hydrogen) atoms. The summed E-state index contributed by atoms with van der Waals surface area (Å²) in [5, 5.41) is 11.4. The highest BCUT2D eigenvalue weighted by Crippen LogP contribution is 2.22. The van der Waals surface area contributed by atoms with Crippen molar-refractivity contribution in [3.8, 4) is 6.07 Å². The first kappa shape index (κ1) is 16.7. The molecular weight excluding hydrogens is 296 g/mol. The molecular formula is C16H20N4O3. The van der Waals surface area contributed by atoms with Crippen LogP contribution in [-0.4, -0.2) is 43.1 Å². The number of hydrogen-bond donors (Lipinski definition) is 1. The zero-order chi connectivity index (χ0) is 16.7. The Balaban J connectivity index is 1.80. The number of piperidine rings is 1. The Hall–Kier alpha value is -2.62. The number of carbonyl (C=O) groups excluding carboxylic acids is 2. The minimum absolute atomic E-state index is 0.0770. The molecule has 1 amide bonds. The van der Waals surface area contributed by atoms with Crippen molar-refractivity contribution in [1.29, 1.82) is 5.26 Å². The number of ether oxygens (including phenoxy) is 1. The molecule has 1 aromatic rings. The number of rotatable bonds is 5. The summed E-state index contributed by atoms with van der Waals surface area (Å²) >= 11 is 0. The zero-order valence-electron chi connectivity index (χ0n) is 13.1. The van der Waals surface area contributed by atoms with E-state index in [1.165, 1.54) is 0 Å². The Kier molecular flexibility index (Phi) is 5.92. The van der Waals surface area contributed by atoms with Crippen molar-refractivity contribution in [3.05, 3.63) is 24.0 Å². The summed E-state index contributed by atoms with van der Waals surface area (Å²) in [6, 6.07) is 5.55. The third-order valence-corrected chi connectivity index (χ3v) is 3.81. The van der Waals surface area contributed by atoms with Crippen molar-refractivity contribution in [2.24, 2.45) is 5.92 Å². The van der Waals surface area contributed by atoms with Gasteiger partial charge in [0.2, 0.25) is 5.91 Å². The van der Waals surface area contributed by atoms with Crippen molar-refractivity contribution in [2.75, 3.05) is 31.1 Å². The Morgan fingerprint density at radius 1 is 1.43 bits per heavy atom. The number of anilines is 1. The molecule has 0 bridgehead atoms. The van der Waals surface area contributed by atoms with E-state index in [-0.39, 0.29) is 18.4 Å². The molecule has 2 rings (SSSR count). The Labute approximate surface area is 135 Å². The summed E-state index contributed by atoms with van der Waals surface area (Å²) < 4.78 is 4.78.